The van der Waals surface area contributed by atoms with E-state index in [0.29, 0.717) is 22.7 Å². The average molecular weight is 274 g/mol. The van der Waals surface area contributed by atoms with E-state index < -0.39 is 0 Å². The van der Waals surface area contributed by atoms with Crippen molar-refractivity contribution in [1.82, 2.24) is 0 Å². The summed E-state index contributed by atoms with van der Waals surface area (Å²) in [7, 11) is 0. The maximum absolute atomic E-state index is 12.2. The molecule has 0 saturated carbocycles. The second-order valence-corrected chi connectivity index (χ2v) is 5.26. The Bertz CT molecular complexity index is 614. The van der Waals surface area contributed by atoms with Crippen molar-refractivity contribution in [3.05, 3.63) is 63.7 Å². The van der Waals surface area contributed by atoms with Gasteiger partial charge in [-0.3, -0.25) is 4.79 Å². The molecule has 3 heteroatoms. The molecule has 0 aliphatic rings. The molecule has 19 heavy (non-hydrogen) atoms. The Kier molecular flexibility index (Phi) is 3.91. The van der Waals surface area contributed by atoms with Crippen LogP contribution in [0.25, 0.3) is 0 Å². The minimum absolute atomic E-state index is 0.0131. The molecular formula is C16H16ClNO. The molecule has 0 bridgehead atoms. The summed E-state index contributed by atoms with van der Waals surface area (Å²) in [6.07, 6.45) is 0.356. The number of benzene rings is 2. The maximum Gasteiger partial charge on any atom is 0.169 e. The number of aryl methyl sites for hydroxylation is 2. The monoisotopic (exact) mass is 273 g/mol. The molecule has 0 fully saturated rings. The van der Waals surface area contributed by atoms with Gasteiger partial charge in [0.15, 0.2) is 5.78 Å². The van der Waals surface area contributed by atoms with Crippen LogP contribution < -0.4 is 5.73 Å². The fourth-order valence-corrected chi connectivity index (χ4v) is 2.42. The Morgan fingerprint density at radius 2 is 1.74 bits per heavy atom. The normalized spacial score (nSPS) is 10.5. The van der Waals surface area contributed by atoms with E-state index in [1.54, 1.807) is 18.2 Å². The van der Waals surface area contributed by atoms with Crippen molar-refractivity contribution < 1.29 is 4.79 Å². The molecule has 2 nitrogen and oxygen atoms in total. The molecule has 2 aromatic carbocycles. The highest BCUT2D eigenvalue weighted by atomic mass is 35.5. The van der Waals surface area contributed by atoms with Crippen molar-refractivity contribution in [2.75, 3.05) is 5.73 Å². The molecule has 2 aromatic rings. The van der Waals surface area contributed by atoms with Crippen LogP contribution >= 0.6 is 11.6 Å². The van der Waals surface area contributed by atoms with Gasteiger partial charge in [0.25, 0.3) is 0 Å². The predicted octanol–water partition coefficient (Wildman–Crippen LogP) is 3.96. The van der Waals surface area contributed by atoms with Gasteiger partial charge in [-0.2, -0.15) is 0 Å². The van der Waals surface area contributed by atoms with E-state index in [9.17, 15) is 4.79 Å². The number of nitrogen functional groups attached to an aromatic ring is 1. The lowest BCUT2D eigenvalue weighted by atomic mass is 9.99. The van der Waals surface area contributed by atoms with Crippen molar-refractivity contribution in [3.8, 4) is 0 Å². The zero-order valence-electron chi connectivity index (χ0n) is 11.0. The van der Waals surface area contributed by atoms with Gasteiger partial charge in [-0.05, 0) is 37.6 Å². The molecule has 0 radical (unpaired) electrons. The first-order chi connectivity index (χ1) is 8.95. The van der Waals surface area contributed by atoms with Crippen molar-refractivity contribution in [2.24, 2.45) is 0 Å². The number of hydrogen-bond donors (Lipinski definition) is 1. The third kappa shape index (κ3) is 3.36. The van der Waals surface area contributed by atoms with Gasteiger partial charge >= 0.3 is 0 Å². The van der Waals surface area contributed by atoms with E-state index >= 15 is 0 Å². The Morgan fingerprint density at radius 3 is 2.32 bits per heavy atom. The van der Waals surface area contributed by atoms with Gasteiger partial charge in [0.05, 0.1) is 0 Å². The molecular weight excluding hydrogens is 258 g/mol. The summed E-state index contributed by atoms with van der Waals surface area (Å²) in [4.78, 5) is 12.2. The lowest BCUT2D eigenvalue weighted by Crippen LogP contribution is -2.07. The first-order valence-electron chi connectivity index (χ1n) is 6.11. The van der Waals surface area contributed by atoms with Crippen LogP contribution in [0.4, 0.5) is 5.69 Å². The SMILES string of the molecule is Cc1cc(C)cc(CC(=O)c2ccc(Cl)cc2N)c1. The molecule has 2 N–H and O–H groups in total. The summed E-state index contributed by atoms with van der Waals surface area (Å²) in [5, 5.41) is 0.542. The summed E-state index contributed by atoms with van der Waals surface area (Å²) in [6.45, 7) is 4.05. The minimum atomic E-state index is 0.0131. The molecule has 98 valence electrons. The standard InChI is InChI=1S/C16H16ClNO/c1-10-5-11(2)7-12(6-10)8-16(19)14-4-3-13(17)9-15(14)18/h3-7,9H,8,18H2,1-2H3. The summed E-state index contributed by atoms with van der Waals surface area (Å²) in [5.74, 6) is 0.0131. The zero-order valence-corrected chi connectivity index (χ0v) is 11.8. The summed E-state index contributed by atoms with van der Waals surface area (Å²) in [6, 6.07) is 11.1. The number of carbonyl (C=O) groups is 1. The van der Waals surface area contributed by atoms with E-state index in [2.05, 4.69) is 6.07 Å². The number of Topliss-reactive ketones (excluding diaryl/α,β-unsaturated/α-hetero) is 1. The van der Waals surface area contributed by atoms with Crippen LogP contribution in [-0.4, -0.2) is 5.78 Å². The van der Waals surface area contributed by atoms with Crippen LogP contribution in [0.1, 0.15) is 27.0 Å². The van der Waals surface area contributed by atoms with Crippen LogP contribution in [0.15, 0.2) is 36.4 Å². The van der Waals surface area contributed by atoms with Crippen molar-refractivity contribution in [2.45, 2.75) is 20.3 Å². The molecule has 0 amide bonds. The third-order valence-electron chi connectivity index (χ3n) is 2.96. The summed E-state index contributed by atoms with van der Waals surface area (Å²) in [5.41, 5.74) is 10.1. The fraction of sp³-hybridized carbons (Fsp3) is 0.188. The zero-order chi connectivity index (χ0) is 14.0. The van der Waals surface area contributed by atoms with E-state index in [1.165, 1.54) is 0 Å². The van der Waals surface area contributed by atoms with Crippen LogP contribution in [0.5, 0.6) is 0 Å². The highest BCUT2D eigenvalue weighted by Crippen LogP contribution is 2.20. The predicted molar refractivity (Wildman–Crippen MR) is 79.8 cm³/mol. The van der Waals surface area contributed by atoms with Gasteiger partial charge in [0.2, 0.25) is 0 Å². The van der Waals surface area contributed by atoms with Crippen molar-refractivity contribution >= 4 is 23.1 Å². The van der Waals surface area contributed by atoms with Gasteiger partial charge in [0, 0.05) is 22.7 Å². The molecule has 0 atom stereocenters. The largest absolute Gasteiger partial charge is 0.398 e. The number of rotatable bonds is 3. The van der Waals surface area contributed by atoms with E-state index in [1.807, 2.05) is 26.0 Å². The molecule has 0 saturated heterocycles. The first-order valence-corrected chi connectivity index (χ1v) is 6.49. The van der Waals surface area contributed by atoms with Crippen LogP contribution in [0, 0.1) is 13.8 Å². The second-order valence-electron chi connectivity index (χ2n) is 4.83. The van der Waals surface area contributed by atoms with E-state index in [4.69, 9.17) is 17.3 Å². The van der Waals surface area contributed by atoms with Crippen LogP contribution in [0.3, 0.4) is 0 Å². The number of ketones is 1. The number of halogens is 1. The molecule has 0 aliphatic heterocycles. The molecule has 0 unspecified atom stereocenters. The highest BCUT2D eigenvalue weighted by Gasteiger charge is 2.11. The molecule has 0 aliphatic carbocycles. The van der Waals surface area contributed by atoms with Crippen molar-refractivity contribution in [1.29, 1.82) is 0 Å². The Morgan fingerprint density at radius 1 is 1.11 bits per heavy atom. The van der Waals surface area contributed by atoms with Crippen LogP contribution in [0.2, 0.25) is 5.02 Å². The number of nitrogens with two attached hydrogens (primary N) is 1. The van der Waals surface area contributed by atoms with Crippen LogP contribution in [-0.2, 0) is 6.42 Å². The molecule has 0 spiro atoms. The number of carbonyl (C=O) groups excluding carboxylic acids is 1. The number of anilines is 1. The van der Waals surface area contributed by atoms with E-state index in [-0.39, 0.29) is 5.78 Å². The molecule has 0 aromatic heterocycles. The van der Waals surface area contributed by atoms with Gasteiger partial charge < -0.3 is 5.73 Å². The van der Waals surface area contributed by atoms with Crippen molar-refractivity contribution in [3.63, 3.8) is 0 Å². The number of hydrogen-bond acceptors (Lipinski definition) is 2. The topological polar surface area (TPSA) is 43.1 Å². The fourth-order valence-electron chi connectivity index (χ4n) is 2.24. The minimum Gasteiger partial charge on any atom is -0.398 e. The Hall–Kier alpha value is -1.80. The molecule has 0 heterocycles. The molecule has 2 rings (SSSR count). The summed E-state index contributed by atoms with van der Waals surface area (Å²) < 4.78 is 0. The lowest BCUT2D eigenvalue weighted by Gasteiger charge is -2.07. The Labute approximate surface area is 118 Å². The van der Waals surface area contributed by atoms with Gasteiger partial charge in [-0.1, -0.05) is 40.9 Å². The summed E-state index contributed by atoms with van der Waals surface area (Å²) >= 11 is 5.83. The maximum atomic E-state index is 12.2. The van der Waals surface area contributed by atoms with Gasteiger partial charge in [-0.15, -0.1) is 0 Å². The average Bonchev–Trinajstić information content (AvgIpc) is 2.26. The first kappa shape index (κ1) is 13.6. The lowest BCUT2D eigenvalue weighted by molar-refractivity contribution is 0.0994. The smallest absolute Gasteiger partial charge is 0.169 e. The highest BCUT2D eigenvalue weighted by molar-refractivity contribution is 6.31. The van der Waals surface area contributed by atoms with E-state index in [0.717, 1.165) is 16.7 Å². The third-order valence-corrected chi connectivity index (χ3v) is 3.20. The Balaban J connectivity index is 2.25. The van der Waals surface area contributed by atoms with Gasteiger partial charge in [0.1, 0.15) is 0 Å². The second kappa shape index (κ2) is 5.45. The quantitative estimate of drug-likeness (QED) is 0.679. The van der Waals surface area contributed by atoms with Gasteiger partial charge in [-0.25, -0.2) is 0 Å².